The average Bonchev–Trinajstić information content (AvgIpc) is 2.56. The maximum absolute atomic E-state index is 9.67. The average molecular weight is 209 g/mol. The summed E-state index contributed by atoms with van der Waals surface area (Å²) in [5, 5.41) is 11.2. The first-order valence-electron chi connectivity index (χ1n) is 4.36. The lowest BCUT2D eigenvalue weighted by Crippen LogP contribution is -1.86. The molecule has 1 heterocycles. The number of nitrogens with two attached hydrogens (primary N) is 1. The Morgan fingerprint density at radius 2 is 2.29 bits per heavy atom. The third-order valence-electron chi connectivity index (χ3n) is 1.97. The molecule has 0 atom stereocenters. The highest BCUT2D eigenvalue weighted by Gasteiger charge is 2.08. The summed E-state index contributed by atoms with van der Waals surface area (Å²) >= 11 is 1.51. The molecule has 0 bridgehead atoms. The quantitative estimate of drug-likeness (QED) is 0.590. The van der Waals surface area contributed by atoms with Crippen molar-refractivity contribution in [3.05, 3.63) is 18.2 Å². The molecule has 3 nitrogen and oxygen atoms in total. The lowest BCUT2D eigenvalue weighted by Gasteiger charge is -1.97. The van der Waals surface area contributed by atoms with Gasteiger partial charge in [0.1, 0.15) is 5.75 Å². The Hall–Kier alpha value is -1.42. The highest BCUT2D eigenvalue weighted by molar-refractivity contribution is 7.20. The Bertz CT molecular complexity index is 464. The second-order valence-corrected chi connectivity index (χ2v) is 3.96. The molecule has 3 N–H and O–H groups in total. The molecular formula is C10H11NO2S. The van der Waals surface area contributed by atoms with Crippen molar-refractivity contribution >= 4 is 27.1 Å². The van der Waals surface area contributed by atoms with Crippen molar-refractivity contribution in [2.24, 2.45) is 0 Å². The molecule has 2 aromatic rings. The second kappa shape index (κ2) is 3.38. The summed E-state index contributed by atoms with van der Waals surface area (Å²) in [5.41, 5.74) is 5.98. The van der Waals surface area contributed by atoms with E-state index in [4.69, 9.17) is 10.5 Å². The standard InChI is InChI=1S/C10H11NO2S/c1-2-13-9-5-6-8(14-9)4-3-7(11)10(6)12/h3-5,12H,2,11H2,1H3. The van der Waals surface area contributed by atoms with Gasteiger partial charge in [-0.1, -0.05) is 11.3 Å². The molecule has 1 aromatic heterocycles. The predicted octanol–water partition coefficient (Wildman–Crippen LogP) is 2.59. The number of phenolic OH excluding ortho intramolecular Hbond substituents is 1. The van der Waals surface area contributed by atoms with Gasteiger partial charge in [-0.05, 0) is 19.1 Å². The van der Waals surface area contributed by atoms with Crippen molar-refractivity contribution in [3.63, 3.8) is 0 Å². The number of anilines is 1. The van der Waals surface area contributed by atoms with Crippen molar-refractivity contribution in [1.82, 2.24) is 0 Å². The number of ether oxygens (including phenoxy) is 1. The van der Waals surface area contributed by atoms with E-state index in [0.29, 0.717) is 12.3 Å². The SMILES string of the molecule is CCOc1cc2c(O)c(N)ccc2s1. The lowest BCUT2D eigenvalue weighted by molar-refractivity contribution is 0.350. The summed E-state index contributed by atoms with van der Waals surface area (Å²) in [5.74, 6) is 0.143. The molecule has 0 saturated heterocycles. The van der Waals surface area contributed by atoms with Crippen molar-refractivity contribution in [2.45, 2.75) is 6.92 Å². The zero-order valence-corrected chi connectivity index (χ0v) is 8.60. The zero-order valence-electron chi connectivity index (χ0n) is 7.78. The fourth-order valence-corrected chi connectivity index (χ4v) is 2.28. The van der Waals surface area contributed by atoms with E-state index in [1.54, 1.807) is 6.07 Å². The van der Waals surface area contributed by atoms with Crippen LogP contribution in [0.3, 0.4) is 0 Å². The molecule has 0 unspecified atom stereocenters. The van der Waals surface area contributed by atoms with E-state index in [-0.39, 0.29) is 5.75 Å². The van der Waals surface area contributed by atoms with Gasteiger partial charge in [0, 0.05) is 16.2 Å². The van der Waals surface area contributed by atoms with Crippen LogP contribution in [0.5, 0.6) is 10.8 Å². The van der Waals surface area contributed by atoms with Crippen LogP contribution < -0.4 is 10.5 Å². The Morgan fingerprint density at radius 1 is 1.50 bits per heavy atom. The van der Waals surface area contributed by atoms with E-state index in [2.05, 4.69) is 0 Å². The van der Waals surface area contributed by atoms with Gasteiger partial charge in [0.25, 0.3) is 0 Å². The fraction of sp³-hybridized carbons (Fsp3) is 0.200. The van der Waals surface area contributed by atoms with Gasteiger partial charge >= 0.3 is 0 Å². The summed E-state index contributed by atoms with van der Waals surface area (Å²) < 4.78 is 6.34. The minimum atomic E-state index is 0.143. The van der Waals surface area contributed by atoms with Gasteiger partial charge in [-0.25, -0.2) is 0 Å². The van der Waals surface area contributed by atoms with Crippen molar-refractivity contribution in [3.8, 4) is 10.8 Å². The minimum Gasteiger partial charge on any atom is -0.505 e. The van der Waals surface area contributed by atoms with E-state index in [1.807, 2.05) is 19.1 Å². The molecule has 0 aliphatic carbocycles. The summed E-state index contributed by atoms with van der Waals surface area (Å²) in [6.45, 7) is 2.56. The number of aromatic hydroxyl groups is 1. The normalized spacial score (nSPS) is 10.6. The zero-order chi connectivity index (χ0) is 10.1. The van der Waals surface area contributed by atoms with Gasteiger partial charge in [-0.3, -0.25) is 0 Å². The monoisotopic (exact) mass is 209 g/mol. The Morgan fingerprint density at radius 3 is 3.00 bits per heavy atom. The summed E-state index contributed by atoms with van der Waals surface area (Å²) in [4.78, 5) is 0. The topological polar surface area (TPSA) is 55.5 Å². The fourth-order valence-electron chi connectivity index (χ4n) is 1.30. The highest BCUT2D eigenvalue weighted by Crippen LogP contribution is 2.39. The molecule has 74 valence electrons. The van der Waals surface area contributed by atoms with Crippen LogP contribution in [0, 0.1) is 0 Å². The van der Waals surface area contributed by atoms with Crippen LogP contribution in [0.1, 0.15) is 6.92 Å². The van der Waals surface area contributed by atoms with Crippen LogP contribution in [-0.4, -0.2) is 11.7 Å². The number of hydrogen-bond donors (Lipinski definition) is 2. The van der Waals surface area contributed by atoms with E-state index < -0.39 is 0 Å². The lowest BCUT2D eigenvalue weighted by atomic mass is 10.2. The van der Waals surface area contributed by atoms with Crippen molar-refractivity contribution < 1.29 is 9.84 Å². The van der Waals surface area contributed by atoms with E-state index in [0.717, 1.165) is 15.1 Å². The molecule has 0 fully saturated rings. The third kappa shape index (κ3) is 1.37. The molecular weight excluding hydrogens is 198 g/mol. The van der Waals surface area contributed by atoms with Crippen LogP contribution >= 0.6 is 11.3 Å². The number of benzene rings is 1. The number of phenols is 1. The van der Waals surface area contributed by atoms with E-state index in [9.17, 15) is 5.11 Å². The van der Waals surface area contributed by atoms with Crippen LogP contribution in [-0.2, 0) is 0 Å². The third-order valence-corrected chi connectivity index (χ3v) is 2.98. The van der Waals surface area contributed by atoms with Crippen molar-refractivity contribution in [1.29, 1.82) is 0 Å². The van der Waals surface area contributed by atoms with Crippen LogP contribution in [0.2, 0.25) is 0 Å². The van der Waals surface area contributed by atoms with E-state index in [1.165, 1.54) is 11.3 Å². The first kappa shape index (κ1) is 9.15. The number of thiophene rings is 1. The molecule has 0 radical (unpaired) electrons. The predicted molar refractivity (Wildman–Crippen MR) is 59.1 cm³/mol. The summed E-state index contributed by atoms with van der Waals surface area (Å²) in [6, 6.07) is 5.40. The van der Waals surface area contributed by atoms with Gasteiger partial charge in [-0.2, -0.15) is 0 Å². The molecule has 2 rings (SSSR count). The van der Waals surface area contributed by atoms with Gasteiger partial charge in [0.05, 0.1) is 12.3 Å². The Balaban J connectivity index is 2.59. The molecule has 1 aromatic carbocycles. The molecule has 0 spiro atoms. The summed E-state index contributed by atoms with van der Waals surface area (Å²) in [6.07, 6.45) is 0. The molecule has 0 saturated carbocycles. The van der Waals surface area contributed by atoms with Crippen LogP contribution in [0.15, 0.2) is 18.2 Å². The second-order valence-electron chi connectivity index (χ2n) is 2.91. The van der Waals surface area contributed by atoms with E-state index >= 15 is 0 Å². The highest BCUT2D eigenvalue weighted by atomic mass is 32.1. The number of hydrogen-bond acceptors (Lipinski definition) is 4. The van der Waals surface area contributed by atoms with Gasteiger partial charge in [0.15, 0.2) is 5.06 Å². The molecule has 0 aliphatic heterocycles. The van der Waals surface area contributed by atoms with Gasteiger partial charge in [-0.15, -0.1) is 0 Å². The van der Waals surface area contributed by atoms with Crippen LogP contribution in [0.4, 0.5) is 5.69 Å². The maximum Gasteiger partial charge on any atom is 0.175 e. The largest absolute Gasteiger partial charge is 0.505 e. The first-order valence-corrected chi connectivity index (χ1v) is 5.17. The molecule has 0 amide bonds. The molecule has 4 heteroatoms. The first-order chi connectivity index (χ1) is 6.72. The Kier molecular flexibility index (Phi) is 2.21. The number of fused-ring (bicyclic) bond motifs is 1. The minimum absolute atomic E-state index is 0.143. The molecule has 0 aliphatic rings. The number of nitrogen functional groups attached to an aromatic ring is 1. The Labute approximate surface area is 85.7 Å². The van der Waals surface area contributed by atoms with Crippen LogP contribution in [0.25, 0.3) is 10.1 Å². The number of rotatable bonds is 2. The molecule has 14 heavy (non-hydrogen) atoms. The van der Waals surface area contributed by atoms with Gasteiger partial charge < -0.3 is 15.6 Å². The van der Waals surface area contributed by atoms with Gasteiger partial charge in [0.2, 0.25) is 0 Å². The van der Waals surface area contributed by atoms with Crippen molar-refractivity contribution in [2.75, 3.05) is 12.3 Å². The smallest absolute Gasteiger partial charge is 0.175 e. The summed E-state index contributed by atoms with van der Waals surface area (Å²) in [7, 11) is 0. The maximum atomic E-state index is 9.67.